The average Bonchev–Trinajstić information content (AvgIpc) is 2.94. The molecule has 1 amide bonds. The summed E-state index contributed by atoms with van der Waals surface area (Å²) in [4.78, 5) is 15.8. The number of aromatic nitrogens is 1. The van der Waals surface area contributed by atoms with E-state index in [0.29, 0.717) is 23.9 Å². The van der Waals surface area contributed by atoms with Crippen LogP contribution in [0.1, 0.15) is 16.1 Å². The van der Waals surface area contributed by atoms with Crippen LogP contribution < -0.4 is 5.32 Å². The van der Waals surface area contributed by atoms with E-state index in [2.05, 4.69) is 10.3 Å². The van der Waals surface area contributed by atoms with Crippen LogP contribution in [0.5, 0.6) is 0 Å². The van der Waals surface area contributed by atoms with E-state index in [4.69, 9.17) is 16.3 Å². The van der Waals surface area contributed by atoms with Gasteiger partial charge in [-0.15, -0.1) is 0 Å². The van der Waals surface area contributed by atoms with E-state index in [9.17, 15) is 4.79 Å². The first-order valence-electron chi connectivity index (χ1n) is 7.40. The fraction of sp³-hybridized carbons (Fsp3) is 0.167. The van der Waals surface area contributed by atoms with E-state index in [-0.39, 0.29) is 5.91 Å². The summed E-state index contributed by atoms with van der Waals surface area (Å²) in [7, 11) is 0. The maximum atomic E-state index is 12.7. The van der Waals surface area contributed by atoms with Crippen molar-refractivity contribution in [1.29, 1.82) is 0 Å². The number of carbonyl (C=O) groups is 1. The summed E-state index contributed by atoms with van der Waals surface area (Å²) >= 11 is 5.99. The average molecular weight is 327 g/mol. The van der Waals surface area contributed by atoms with Gasteiger partial charge < -0.3 is 15.0 Å². The van der Waals surface area contributed by atoms with Gasteiger partial charge in [-0.3, -0.25) is 4.79 Å². The molecule has 0 saturated carbocycles. The second-order valence-corrected chi connectivity index (χ2v) is 6.25. The van der Waals surface area contributed by atoms with Gasteiger partial charge in [0.15, 0.2) is 0 Å². The highest BCUT2D eigenvalue weighted by Crippen LogP contribution is 2.30. The number of rotatable bonds is 3. The van der Waals surface area contributed by atoms with Gasteiger partial charge in [-0.2, -0.15) is 0 Å². The summed E-state index contributed by atoms with van der Waals surface area (Å²) in [5.74, 6) is -0.149. The molecular weight excluding hydrogens is 312 g/mol. The van der Waals surface area contributed by atoms with Crippen LogP contribution in [-0.2, 0) is 10.3 Å². The minimum Gasteiger partial charge on any atom is -0.376 e. The number of halogens is 1. The number of fused-ring (bicyclic) bond motifs is 1. The van der Waals surface area contributed by atoms with Crippen molar-refractivity contribution in [2.75, 3.05) is 13.2 Å². The second-order valence-electron chi connectivity index (χ2n) is 5.81. The molecule has 4 rings (SSSR count). The highest BCUT2D eigenvalue weighted by Gasteiger charge is 2.42. The SMILES string of the molecule is O=C(NC1(c2ccccc2)COC1)c1cc2cc(Cl)ccc2[nH]1. The lowest BCUT2D eigenvalue weighted by molar-refractivity contribution is -0.0734. The first-order chi connectivity index (χ1) is 11.2. The summed E-state index contributed by atoms with van der Waals surface area (Å²) < 4.78 is 5.36. The number of ether oxygens (including phenoxy) is 1. The third-order valence-electron chi connectivity index (χ3n) is 4.20. The Kier molecular flexibility index (Phi) is 3.36. The fourth-order valence-corrected chi connectivity index (χ4v) is 3.07. The van der Waals surface area contributed by atoms with Crippen LogP contribution in [0.3, 0.4) is 0 Å². The number of hydrogen-bond acceptors (Lipinski definition) is 2. The lowest BCUT2D eigenvalue weighted by Crippen LogP contribution is -2.59. The molecule has 2 N–H and O–H groups in total. The van der Waals surface area contributed by atoms with E-state index < -0.39 is 5.54 Å². The van der Waals surface area contributed by atoms with Crippen molar-refractivity contribution in [2.24, 2.45) is 0 Å². The highest BCUT2D eigenvalue weighted by atomic mass is 35.5. The first kappa shape index (κ1) is 14.3. The topological polar surface area (TPSA) is 54.1 Å². The molecule has 0 unspecified atom stereocenters. The van der Waals surface area contributed by atoms with E-state index in [0.717, 1.165) is 16.5 Å². The number of nitrogens with one attached hydrogen (secondary N) is 2. The van der Waals surface area contributed by atoms with Crippen molar-refractivity contribution < 1.29 is 9.53 Å². The van der Waals surface area contributed by atoms with Crippen molar-refractivity contribution in [3.63, 3.8) is 0 Å². The molecule has 1 aromatic heterocycles. The molecule has 3 aromatic rings. The molecule has 1 fully saturated rings. The van der Waals surface area contributed by atoms with Gasteiger partial charge in [-0.25, -0.2) is 0 Å². The Morgan fingerprint density at radius 1 is 1.13 bits per heavy atom. The van der Waals surface area contributed by atoms with Crippen LogP contribution in [0.2, 0.25) is 5.02 Å². The van der Waals surface area contributed by atoms with Gasteiger partial charge >= 0.3 is 0 Å². The van der Waals surface area contributed by atoms with E-state index in [1.807, 2.05) is 48.5 Å². The zero-order valence-electron chi connectivity index (χ0n) is 12.3. The molecule has 0 spiro atoms. The van der Waals surface area contributed by atoms with Crippen molar-refractivity contribution in [1.82, 2.24) is 10.3 Å². The Balaban J connectivity index is 1.63. The summed E-state index contributed by atoms with van der Waals surface area (Å²) in [5, 5.41) is 4.68. The summed E-state index contributed by atoms with van der Waals surface area (Å²) in [6.07, 6.45) is 0. The van der Waals surface area contributed by atoms with Crippen molar-refractivity contribution in [2.45, 2.75) is 5.54 Å². The number of hydrogen-bond donors (Lipinski definition) is 2. The molecule has 4 nitrogen and oxygen atoms in total. The van der Waals surface area contributed by atoms with Gasteiger partial charge in [0.05, 0.1) is 13.2 Å². The Hall–Kier alpha value is -2.30. The maximum Gasteiger partial charge on any atom is 0.268 e. The molecule has 116 valence electrons. The highest BCUT2D eigenvalue weighted by molar-refractivity contribution is 6.31. The Morgan fingerprint density at radius 2 is 1.91 bits per heavy atom. The van der Waals surface area contributed by atoms with Crippen LogP contribution >= 0.6 is 11.6 Å². The third kappa shape index (κ3) is 2.50. The van der Waals surface area contributed by atoms with Gasteiger partial charge in [0.25, 0.3) is 5.91 Å². The lowest BCUT2D eigenvalue weighted by atomic mass is 9.88. The Bertz CT molecular complexity index is 869. The van der Waals surface area contributed by atoms with Gasteiger partial charge in [-0.05, 0) is 29.8 Å². The number of aromatic amines is 1. The number of benzene rings is 2. The third-order valence-corrected chi connectivity index (χ3v) is 4.44. The molecule has 5 heteroatoms. The van der Waals surface area contributed by atoms with Gasteiger partial charge in [0.1, 0.15) is 11.2 Å². The largest absolute Gasteiger partial charge is 0.376 e. The predicted molar refractivity (Wildman–Crippen MR) is 89.7 cm³/mol. The molecule has 1 aliphatic rings. The van der Waals surface area contributed by atoms with Crippen molar-refractivity contribution in [3.05, 3.63) is 70.9 Å². The van der Waals surface area contributed by atoms with Crippen molar-refractivity contribution >= 4 is 28.4 Å². The molecule has 1 aliphatic heterocycles. The minimum atomic E-state index is -0.451. The van der Waals surface area contributed by atoms with E-state index in [1.54, 1.807) is 6.07 Å². The second kappa shape index (κ2) is 5.41. The molecule has 0 radical (unpaired) electrons. The first-order valence-corrected chi connectivity index (χ1v) is 7.78. The lowest BCUT2D eigenvalue weighted by Gasteiger charge is -2.42. The van der Waals surface area contributed by atoms with E-state index in [1.165, 1.54) is 0 Å². The molecule has 0 bridgehead atoms. The molecule has 1 saturated heterocycles. The fourth-order valence-electron chi connectivity index (χ4n) is 2.88. The molecular formula is C18H15ClN2O2. The zero-order valence-corrected chi connectivity index (χ0v) is 13.1. The molecule has 0 aliphatic carbocycles. The summed E-state index contributed by atoms with van der Waals surface area (Å²) in [6, 6.07) is 17.2. The molecule has 0 atom stereocenters. The Morgan fingerprint density at radius 3 is 2.61 bits per heavy atom. The van der Waals surface area contributed by atoms with Crippen LogP contribution in [0.4, 0.5) is 0 Å². The van der Waals surface area contributed by atoms with E-state index >= 15 is 0 Å². The monoisotopic (exact) mass is 326 g/mol. The van der Waals surface area contributed by atoms with Crippen LogP contribution in [0, 0.1) is 0 Å². The quantitative estimate of drug-likeness (QED) is 0.774. The molecule has 23 heavy (non-hydrogen) atoms. The molecule has 2 heterocycles. The van der Waals surface area contributed by atoms with Gasteiger partial charge in [-0.1, -0.05) is 41.9 Å². The van der Waals surface area contributed by atoms with Crippen molar-refractivity contribution in [3.8, 4) is 0 Å². The number of carbonyl (C=O) groups excluding carboxylic acids is 1. The van der Waals surface area contributed by atoms with Crippen LogP contribution in [0.15, 0.2) is 54.6 Å². The Labute approximate surface area is 138 Å². The van der Waals surface area contributed by atoms with Crippen LogP contribution in [-0.4, -0.2) is 24.1 Å². The van der Waals surface area contributed by atoms with Gasteiger partial charge in [0, 0.05) is 15.9 Å². The standard InChI is InChI=1S/C18H15ClN2O2/c19-14-6-7-15-12(8-14)9-16(20-15)17(22)21-18(10-23-11-18)13-4-2-1-3-5-13/h1-9,20H,10-11H2,(H,21,22). The summed E-state index contributed by atoms with van der Waals surface area (Å²) in [6.45, 7) is 0.962. The smallest absolute Gasteiger partial charge is 0.268 e. The van der Waals surface area contributed by atoms with Crippen LogP contribution in [0.25, 0.3) is 10.9 Å². The zero-order chi connectivity index (χ0) is 15.9. The minimum absolute atomic E-state index is 0.149. The summed E-state index contributed by atoms with van der Waals surface area (Å²) in [5.41, 5.74) is 2.01. The maximum absolute atomic E-state index is 12.7. The predicted octanol–water partition coefficient (Wildman–Crippen LogP) is 3.48. The molecule has 2 aromatic carbocycles. The van der Waals surface area contributed by atoms with Gasteiger partial charge in [0.2, 0.25) is 0 Å². The number of amides is 1. The normalized spacial score (nSPS) is 16.0. The number of H-pyrrole nitrogens is 1.